The molecule has 0 radical (unpaired) electrons. The summed E-state index contributed by atoms with van der Waals surface area (Å²) in [7, 11) is 0. The first-order valence-corrected chi connectivity index (χ1v) is 8.57. The lowest BCUT2D eigenvalue weighted by atomic mass is 9.99. The van der Waals surface area contributed by atoms with Crippen LogP contribution in [0.3, 0.4) is 0 Å². The smallest absolute Gasteiger partial charge is 0.316 e. The lowest BCUT2D eigenvalue weighted by molar-refractivity contribution is 0.213. The van der Waals surface area contributed by atoms with Gasteiger partial charge in [0.05, 0.1) is 11.1 Å². The number of rotatable bonds is 4. The van der Waals surface area contributed by atoms with Crippen molar-refractivity contribution in [1.82, 2.24) is 19.9 Å². The number of anilines is 1. The molecule has 122 valence electrons. The zero-order valence-electron chi connectivity index (χ0n) is 13.4. The minimum atomic E-state index is 0.430. The number of hydrogen-bond acceptors (Lipinski definition) is 6. The molecule has 0 bridgehead atoms. The molecule has 23 heavy (non-hydrogen) atoms. The van der Waals surface area contributed by atoms with E-state index in [9.17, 15) is 0 Å². The molecule has 0 saturated carbocycles. The molecule has 3 rings (SSSR count). The van der Waals surface area contributed by atoms with Crippen molar-refractivity contribution >= 4 is 21.7 Å². The lowest BCUT2D eigenvalue weighted by Gasteiger charge is -2.33. The predicted molar refractivity (Wildman–Crippen MR) is 91.7 cm³/mol. The Morgan fingerprint density at radius 2 is 2.04 bits per heavy atom. The van der Waals surface area contributed by atoms with E-state index in [-0.39, 0.29) is 0 Å². The highest BCUT2D eigenvalue weighted by Gasteiger charge is 2.22. The minimum Gasteiger partial charge on any atom is -0.463 e. The van der Waals surface area contributed by atoms with Crippen molar-refractivity contribution in [2.45, 2.75) is 26.7 Å². The predicted octanol–water partition coefficient (Wildman–Crippen LogP) is 2.94. The number of nitrogens with zero attached hydrogens (tertiary/aromatic N) is 5. The monoisotopic (exact) mass is 377 g/mol. The number of ether oxygens (including phenoxy) is 1. The Bertz CT molecular complexity index is 644. The summed E-state index contributed by atoms with van der Waals surface area (Å²) in [6.45, 7) is 6.54. The highest BCUT2D eigenvalue weighted by molar-refractivity contribution is 9.10. The molecule has 0 aliphatic carbocycles. The Morgan fingerprint density at radius 3 is 2.78 bits per heavy atom. The molecule has 1 saturated heterocycles. The van der Waals surface area contributed by atoms with Gasteiger partial charge in [-0.25, -0.2) is 19.9 Å². The van der Waals surface area contributed by atoms with Crippen LogP contribution in [-0.4, -0.2) is 39.6 Å². The van der Waals surface area contributed by atoms with E-state index in [1.165, 1.54) is 0 Å². The van der Waals surface area contributed by atoms with Crippen LogP contribution in [0.5, 0.6) is 6.01 Å². The summed E-state index contributed by atoms with van der Waals surface area (Å²) in [4.78, 5) is 19.5. The second kappa shape index (κ2) is 7.21. The number of hydrogen-bond donors (Lipinski definition) is 0. The summed E-state index contributed by atoms with van der Waals surface area (Å²) in [6.07, 6.45) is 5.68. The van der Waals surface area contributed by atoms with E-state index in [0.717, 1.165) is 47.7 Å². The van der Waals surface area contributed by atoms with Crippen LogP contribution in [0.25, 0.3) is 0 Å². The van der Waals surface area contributed by atoms with E-state index in [1.807, 2.05) is 19.9 Å². The molecule has 0 amide bonds. The third kappa shape index (κ3) is 4.37. The van der Waals surface area contributed by atoms with Gasteiger partial charge < -0.3 is 9.64 Å². The third-order valence-electron chi connectivity index (χ3n) is 3.84. The standard InChI is InChI=1S/C16H20BrN5O/c1-11-6-15(21-12(2)20-11)22-5-3-4-13(9-22)10-23-16-18-7-14(17)8-19-16/h6-8,13H,3-5,9-10H2,1-2H3. The molecular weight excluding hydrogens is 358 g/mol. The molecule has 0 N–H and O–H groups in total. The molecule has 1 unspecified atom stereocenters. The van der Waals surface area contributed by atoms with Crippen molar-refractivity contribution < 1.29 is 4.74 Å². The Kier molecular flexibility index (Phi) is 5.05. The van der Waals surface area contributed by atoms with E-state index < -0.39 is 0 Å². The Morgan fingerprint density at radius 1 is 1.26 bits per heavy atom. The maximum atomic E-state index is 5.73. The molecule has 1 atom stereocenters. The summed E-state index contributed by atoms with van der Waals surface area (Å²) < 4.78 is 6.58. The summed E-state index contributed by atoms with van der Waals surface area (Å²) >= 11 is 3.32. The zero-order chi connectivity index (χ0) is 16.2. The fraction of sp³-hybridized carbons (Fsp3) is 0.500. The summed E-state index contributed by atoms with van der Waals surface area (Å²) in [5.41, 5.74) is 1.01. The normalized spacial score (nSPS) is 18.0. The van der Waals surface area contributed by atoms with Crippen LogP contribution in [0, 0.1) is 19.8 Å². The first-order chi connectivity index (χ1) is 11.1. The van der Waals surface area contributed by atoms with Crippen molar-refractivity contribution in [3.05, 3.63) is 34.5 Å². The minimum absolute atomic E-state index is 0.430. The number of aromatic nitrogens is 4. The molecule has 2 aromatic rings. The van der Waals surface area contributed by atoms with Crippen molar-refractivity contribution in [3.8, 4) is 6.01 Å². The molecule has 0 aromatic carbocycles. The van der Waals surface area contributed by atoms with Crippen molar-refractivity contribution in [3.63, 3.8) is 0 Å². The van der Waals surface area contributed by atoms with E-state index in [4.69, 9.17) is 4.74 Å². The van der Waals surface area contributed by atoms with Crippen LogP contribution in [0.4, 0.5) is 5.82 Å². The Hall–Kier alpha value is -1.76. The molecule has 3 heterocycles. The fourth-order valence-electron chi connectivity index (χ4n) is 2.84. The van der Waals surface area contributed by atoms with Gasteiger partial charge >= 0.3 is 6.01 Å². The zero-order valence-corrected chi connectivity index (χ0v) is 15.0. The van der Waals surface area contributed by atoms with E-state index in [1.54, 1.807) is 12.4 Å². The maximum Gasteiger partial charge on any atom is 0.316 e. The van der Waals surface area contributed by atoms with Crippen LogP contribution in [0.15, 0.2) is 22.9 Å². The van der Waals surface area contributed by atoms with Gasteiger partial charge in [0.25, 0.3) is 0 Å². The van der Waals surface area contributed by atoms with Gasteiger partial charge in [-0.1, -0.05) is 0 Å². The second-order valence-corrected chi connectivity index (χ2v) is 6.78. The van der Waals surface area contributed by atoms with Gasteiger partial charge in [0, 0.05) is 43.2 Å². The lowest BCUT2D eigenvalue weighted by Crippen LogP contribution is -2.38. The van der Waals surface area contributed by atoms with Gasteiger partial charge in [-0.3, -0.25) is 0 Å². The van der Waals surface area contributed by atoms with Crippen molar-refractivity contribution in [1.29, 1.82) is 0 Å². The molecule has 1 aliphatic heterocycles. The number of aryl methyl sites for hydroxylation is 2. The highest BCUT2D eigenvalue weighted by atomic mass is 79.9. The fourth-order valence-corrected chi connectivity index (χ4v) is 3.04. The Labute approximate surface area is 144 Å². The van der Waals surface area contributed by atoms with Crippen LogP contribution in [0.1, 0.15) is 24.4 Å². The first kappa shape index (κ1) is 16.1. The Balaban J connectivity index is 1.60. The van der Waals surface area contributed by atoms with Crippen molar-refractivity contribution in [2.24, 2.45) is 5.92 Å². The average Bonchev–Trinajstić information content (AvgIpc) is 2.54. The molecule has 7 heteroatoms. The van der Waals surface area contributed by atoms with Crippen LogP contribution in [0.2, 0.25) is 0 Å². The summed E-state index contributed by atoms with van der Waals surface area (Å²) in [5, 5.41) is 0. The average molecular weight is 378 g/mol. The molecule has 1 aliphatic rings. The van der Waals surface area contributed by atoms with Gasteiger partial charge in [0.2, 0.25) is 0 Å². The maximum absolute atomic E-state index is 5.73. The SMILES string of the molecule is Cc1cc(N2CCCC(COc3ncc(Br)cn3)C2)nc(C)n1. The molecule has 0 spiro atoms. The second-order valence-electron chi connectivity index (χ2n) is 5.86. The topological polar surface area (TPSA) is 64.0 Å². The van der Waals surface area contributed by atoms with Crippen LogP contribution in [-0.2, 0) is 0 Å². The van der Waals surface area contributed by atoms with Crippen molar-refractivity contribution in [2.75, 3.05) is 24.6 Å². The number of piperidine rings is 1. The number of halogens is 1. The molecular formula is C16H20BrN5O. The largest absolute Gasteiger partial charge is 0.463 e. The molecule has 2 aromatic heterocycles. The first-order valence-electron chi connectivity index (χ1n) is 7.78. The van der Waals surface area contributed by atoms with Gasteiger partial charge in [0.1, 0.15) is 11.6 Å². The quantitative estimate of drug-likeness (QED) is 0.815. The summed E-state index contributed by atoms with van der Waals surface area (Å²) in [5.74, 6) is 2.29. The third-order valence-corrected chi connectivity index (χ3v) is 4.25. The van der Waals surface area contributed by atoms with Gasteiger partial charge in [0.15, 0.2) is 0 Å². The van der Waals surface area contributed by atoms with Crippen LogP contribution < -0.4 is 9.64 Å². The highest BCUT2D eigenvalue weighted by Crippen LogP contribution is 2.22. The molecule has 1 fully saturated rings. The molecule has 6 nitrogen and oxygen atoms in total. The van der Waals surface area contributed by atoms with Gasteiger partial charge in [-0.2, -0.15) is 0 Å². The van der Waals surface area contributed by atoms with Gasteiger partial charge in [-0.15, -0.1) is 0 Å². The van der Waals surface area contributed by atoms with E-state index >= 15 is 0 Å². The van der Waals surface area contributed by atoms with Crippen LogP contribution >= 0.6 is 15.9 Å². The summed E-state index contributed by atoms with van der Waals surface area (Å²) in [6, 6.07) is 2.48. The van der Waals surface area contributed by atoms with E-state index in [0.29, 0.717) is 18.5 Å². The van der Waals surface area contributed by atoms with E-state index in [2.05, 4.69) is 40.8 Å². The van der Waals surface area contributed by atoms with Gasteiger partial charge in [-0.05, 0) is 42.6 Å².